The van der Waals surface area contributed by atoms with Crippen LogP contribution in [-0.2, 0) is 28.8 Å². The van der Waals surface area contributed by atoms with Crippen LogP contribution in [0, 0.1) is 22.1 Å². The number of carboxylic acids is 1. The molecular formula is C19H31N7O7. The highest BCUT2D eigenvalue weighted by Crippen LogP contribution is 2.34. The number of hydrogen-bond donors (Lipinski definition) is 6. The zero-order valence-electron chi connectivity index (χ0n) is 18.5. The molecule has 0 aromatic heterocycles. The number of nitrogens with two attached hydrogens (primary N) is 2. The molecule has 1 aliphatic rings. The number of hydrogen-bond acceptors (Lipinski definition) is 13. The number of carboxylic acid groups (broad SMARTS) is 1. The number of aliphatic imine (C=N–C) groups is 2. The molecule has 1 aliphatic carbocycles. The summed E-state index contributed by atoms with van der Waals surface area (Å²) in [4.78, 5) is 62.8. The van der Waals surface area contributed by atoms with Gasteiger partial charge in [-0.1, -0.05) is 12.8 Å². The second-order valence-electron chi connectivity index (χ2n) is 6.63. The molecule has 0 bridgehead atoms. The Hall–Kier alpha value is -3.71. The predicted octanol–water partition coefficient (Wildman–Crippen LogP) is 0.837. The Bertz CT molecular complexity index is 687. The van der Waals surface area contributed by atoms with Crippen molar-refractivity contribution in [1.82, 2.24) is 0 Å². The molecule has 1 rings (SSSR count). The third-order valence-corrected chi connectivity index (χ3v) is 4.07. The van der Waals surface area contributed by atoms with Crippen LogP contribution in [0.25, 0.3) is 0 Å². The fourth-order valence-corrected chi connectivity index (χ4v) is 2.76. The van der Waals surface area contributed by atoms with E-state index in [1.807, 2.05) is 6.92 Å². The average molecular weight is 469 g/mol. The highest BCUT2D eigenvalue weighted by Gasteiger charge is 2.31. The van der Waals surface area contributed by atoms with Gasteiger partial charge in [0.15, 0.2) is 0 Å². The van der Waals surface area contributed by atoms with Gasteiger partial charge in [-0.3, -0.25) is 4.79 Å². The number of unbranched alkanes of at least 4 members (excludes halogenated alkanes) is 1. The van der Waals surface area contributed by atoms with E-state index in [9.17, 15) is 14.4 Å². The maximum Gasteiger partial charge on any atom is 0.320 e. The van der Waals surface area contributed by atoms with Crippen LogP contribution in [0.15, 0.2) is 9.98 Å². The average Bonchev–Trinajstić information content (AvgIpc) is 2.74. The van der Waals surface area contributed by atoms with Crippen molar-refractivity contribution in [2.75, 3.05) is 13.1 Å². The van der Waals surface area contributed by atoms with Crippen LogP contribution in [-0.4, -0.2) is 66.1 Å². The smallest absolute Gasteiger partial charge is 0.320 e. The van der Waals surface area contributed by atoms with Gasteiger partial charge in [0.1, 0.15) is 6.04 Å². The molecule has 0 aromatic rings. The molecule has 33 heavy (non-hydrogen) atoms. The van der Waals surface area contributed by atoms with Crippen molar-refractivity contribution in [1.29, 1.82) is 16.2 Å². The lowest BCUT2D eigenvalue weighted by Gasteiger charge is -2.32. The van der Waals surface area contributed by atoms with E-state index in [0.717, 1.165) is 56.8 Å². The second-order valence-corrected chi connectivity index (χ2v) is 6.63. The molecule has 3 atom stereocenters. The molecule has 1 fully saturated rings. The second kappa shape index (κ2) is 28.3. The molecule has 0 spiro atoms. The molecule has 184 valence electrons. The number of aliphatic carboxylic acids is 1. The molecule has 0 heterocycles. The van der Waals surface area contributed by atoms with Gasteiger partial charge in [-0.25, -0.2) is 45.2 Å². The number of carbonyl (C=O) groups is 1. The Morgan fingerprint density at radius 2 is 1.61 bits per heavy atom. The number of rotatable bonds is 8. The van der Waals surface area contributed by atoms with Crippen LogP contribution >= 0.6 is 0 Å². The summed E-state index contributed by atoms with van der Waals surface area (Å²) in [6.45, 7) is 3.06. The molecule has 0 aliphatic heterocycles. The van der Waals surface area contributed by atoms with E-state index < -0.39 is 12.0 Å². The van der Waals surface area contributed by atoms with Gasteiger partial charge < -0.3 is 16.6 Å². The maximum absolute atomic E-state index is 10.2. The lowest BCUT2D eigenvalue weighted by atomic mass is 9.77. The summed E-state index contributed by atoms with van der Waals surface area (Å²) >= 11 is 0. The van der Waals surface area contributed by atoms with Crippen LogP contribution in [0.5, 0.6) is 0 Å². The Morgan fingerprint density at radius 1 is 1.09 bits per heavy atom. The van der Waals surface area contributed by atoms with Gasteiger partial charge >= 0.3 is 5.97 Å². The SMILES string of the molecule is CC1(N=C=O)CCCC(CN=C=O)C1.N=C=O.N=C=O.N=C=O.NCCCCC(N)C(=O)O. The van der Waals surface area contributed by atoms with Crippen molar-refractivity contribution in [3.05, 3.63) is 0 Å². The summed E-state index contributed by atoms with van der Waals surface area (Å²) in [6.07, 6.45) is 11.4. The molecule has 0 amide bonds. The van der Waals surface area contributed by atoms with E-state index >= 15 is 0 Å². The minimum absolute atomic E-state index is 0.289. The predicted molar refractivity (Wildman–Crippen MR) is 115 cm³/mol. The number of nitrogens with zero attached hydrogens (tertiary/aromatic N) is 2. The molecule has 14 heteroatoms. The molecule has 0 aromatic carbocycles. The van der Waals surface area contributed by atoms with Crippen LogP contribution in [0.2, 0.25) is 0 Å². The van der Waals surface area contributed by atoms with Gasteiger partial charge in [0.05, 0.1) is 12.1 Å². The van der Waals surface area contributed by atoms with E-state index in [1.165, 1.54) is 0 Å². The first-order chi connectivity index (χ1) is 15.6. The Kier molecular flexibility index (Phi) is 31.4. The van der Waals surface area contributed by atoms with E-state index in [-0.39, 0.29) is 5.54 Å². The van der Waals surface area contributed by atoms with E-state index in [2.05, 4.69) is 9.98 Å². The topological polar surface area (TPSA) is 271 Å². The van der Waals surface area contributed by atoms with Crippen molar-refractivity contribution in [3.63, 3.8) is 0 Å². The standard InChI is InChI=1S/C10H14N2O2.C6H14N2O2.3CHNO/c1-10(12-8-14)4-2-3-9(5-10)6-11-7-13;7-4-2-1-3-5(8)6(9)10;3*2-1-3/h9H,2-6H2,1H3;5H,1-4,7-8H2,(H,9,10);3*2H. The lowest BCUT2D eigenvalue weighted by molar-refractivity contribution is -0.138. The number of carbonyl (C=O) groups excluding carboxylic acids is 5. The Labute approximate surface area is 191 Å². The first-order valence-corrected chi connectivity index (χ1v) is 9.56. The molecular weight excluding hydrogens is 438 g/mol. The molecule has 0 saturated heterocycles. The minimum atomic E-state index is -0.933. The number of isocyanates is 5. The fourth-order valence-electron chi connectivity index (χ4n) is 2.76. The molecule has 3 unspecified atom stereocenters. The summed E-state index contributed by atoms with van der Waals surface area (Å²) in [5, 5.41) is 24.5. The van der Waals surface area contributed by atoms with Gasteiger partial charge in [-0.2, -0.15) is 4.99 Å². The highest BCUT2D eigenvalue weighted by atomic mass is 16.4. The fraction of sp³-hybridized carbons (Fsp3) is 0.684. The summed E-state index contributed by atoms with van der Waals surface area (Å²) in [5.41, 5.74) is 10.1. The van der Waals surface area contributed by atoms with Crippen molar-refractivity contribution in [3.8, 4) is 0 Å². The van der Waals surface area contributed by atoms with Crippen LogP contribution in [0.1, 0.15) is 51.9 Å². The minimum Gasteiger partial charge on any atom is -0.480 e. The maximum atomic E-state index is 10.2. The van der Waals surface area contributed by atoms with Gasteiger partial charge in [0, 0.05) is 0 Å². The van der Waals surface area contributed by atoms with Crippen LogP contribution in [0.3, 0.4) is 0 Å². The van der Waals surface area contributed by atoms with Crippen molar-refractivity contribution in [2.24, 2.45) is 27.4 Å². The molecule has 8 N–H and O–H groups in total. The van der Waals surface area contributed by atoms with E-state index in [0.29, 0.717) is 25.4 Å². The zero-order chi connectivity index (χ0) is 26.5. The van der Waals surface area contributed by atoms with Gasteiger partial charge in [0.25, 0.3) is 0 Å². The van der Waals surface area contributed by atoms with Gasteiger partial charge in [0.2, 0.25) is 30.4 Å². The van der Waals surface area contributed by atoms with Crippen molar-refractivity contribution < 1.29 is 33.9 Å². The lowest BCUT2D eigenvalue weighted by Crippen LogP contribution is -2.31. The summed E-state index contributed by atoms with van der Waals surface area (Å²) in [5.74, 6) is -0.579. The van der Waals surface area contributed by atoms with Gasteiger partial charge in [-0.05, 0) is 51.5 Å². The van der Waals surface area contributed by atoms with Crippen molar-refractivity contribution in [2.45, 2.75) is 63.5 Å². The van der Waals surface area contributed by atoms with Crippen LogP contribution < -0.4 is 11.5 Å². The first kappa shape index (κ1) is 36.7. The summed E-state index contributed by atoms with van der Waals surface area (Å²) < 4.78 is 0. The third-order valence-electron chi connectivity index (χ3n) is 4.07. The highest BCUT2D eigenvalue weighted by molar-refractivity contribution is 5.72. The van der Waals surface area contributed by atoms with Gasteiger partial charge in [-0.15, -0.1) is 0 Å². The summed E-state index contributed by atoms with van der Waals surface area (Å²) in [7, 11) is 0. The Morgan fingerprint density at radius 3 is 2.00 bits per heavy atom. The summed E-state index contributed by atoms with van der Waals surface area (Å²) in [6, 6.07) is -0.716. The molecule has 14 nitrogen and oxygen atoms in total. The largest absolute Gasteiger partial charge is 0.480 e. The Balaban J connectivity index is -0.000000193. The third kappa shape index (κ3) is 30.6. The molecule has 0 radical (unpaired) electrons. The monoisotopic (exact) mass is 469 g/mol. The normalized spacial score (nSPS) is 18.0. The van der Waals surface area contributed by atoms with Crippen LogP contribution in [0.4, 0.5) is 0 Å². The zero-order valence-corrected chi connectivity index (χ0v) is 18.5. The van der Waals surface area contributed by atoms with E-state index in [4.69, 9.17) is 47.2 Å². The molecule has 1 saturated carbocycles. The quantitative estimate of drug-likeness (QED) is 0.166. The van der Waals surface area contributed by atoms with Crippen molar-refractivity contribution >= 4 is 36.4 Å². The van der Waals surface area contributed by atoms with E-state index in [1.54, 1.807) is 12.2 Å². The first-order valence-electron chi connectivity index (χ1n) is 9.56. The number of nitrogens with one attached hydrogen (secondary N) is 3.